The Labute approximate surface area is 82.3 Å². The van der Waals surface area contributed by atoms with Crippen LogP contribution in [-0.2, 0) is 0 Å². The van der Waals surface area contributed by atoms with Crippen LogP contribution in [0.15, 0.2) is 5.51 Å². The maximum atomic E-state index is 5.43. The molecule has 13 heavy (non-hydrogen) atoms. The molecule has 70 valence electrons. The van der Waals surface area contributed by atoms with Crippen LogP contribution in [0.4, 0.5) is 0 Å². The number of aryl methyl sites for hydroxylation is 1. The predicted molar refractivity (Wildman–Crippen MR) is 55.0 cm³/mol. The molecule has 0 saturated carbocycles. The molecule has 1 unspecified atom stereocenters. The fourth-order valence-electron chi connectivity index (χ4n) is 1.16. The van der Waals surface area contributed by atoms with Crippen LogP contribution < -0.4 is 11.3 Å². The Morgan fingerprint density at radius 2 is 2.62 bits per heavy atom. The molecule has 0 amide bonds. The first-order valence-electron chi connectivity index (χ1n) is 4.09. The Morgan fingerprint density at radius 3 is 3.08 bits per heavy atom. The third-order valence-corrected chi connectivity index (χ3v) is 2.92. The minimum Gasteiger partial charge on any atom is -0.271 e. The van der Waals surface area contributed by atoms with Crippen LogP contribution in [0.5, 0.6) is 0 Å². The van der Waals surface area contributed by atoms with Crippen molar-refractivity contribution >= 4 is 11.3 Å². The Hall–Kier alpha value is -0.890. The van der Waals surface area contributed by atoms with Crippen molar-refractivity contribution < 1.29 is 0 Å². The molecule has 0 radical (unpaired) electrons. The lowest BCUT2D eigenvalue weighted by molar-refractivity contribution is 0.529. The zero-order valence-corrected chi connectivity index (χ0v) is 8.40. The summed E-state index contributed by atoms with van der Waals surface area (Å²) in [6.07, 6.45) is 6.78. The van der Waals surface area contributed by atoms with Crippen molar-refractivity contribution in [3.63, 3.8) is 0 Å². The summed E-state index contributed by atoms with van der Waals surface area (Å²) in [4.78, 5) is 5.34. The molecule has 1 heterocycles. The summed E-state index contributed by atoms with van der Waals surface area (Å²) in [7, 11) is 0. The molecule has 0 aliphatic rings. The molecule has 1 rings (SSSR count). The van der Waals surface area contributed by atoms with Crippen molar-refractivity contribution in [2.75, 3.05) is 0 Å². The number of terminal acetylenes is 1. The second-order valence-electron chi connectivity index (χ2n) is 2.76. The second kappa shape index (κ2) is 4.97. The minimum atomic E-state index is 0.142. The average Bonchev–Trinajstić information content (AvgIpc) is 2.54. The van der Waals surface area contributed by atoms with Gasteiger partial charge in [-0.25, -0.2) is 4.98 Å². The molecule has 0 saturated heterocycles. The van der Waals surface area contributed by atoms with E-state index in [1.165, 1.54) is 4.88 Å². The standard InChI is InChI=1S/C9H13N3S/c1-3-4-5-8(12-10)9-7(2)11-6-13-9/h1,6,8,12H,4-5,10H2,2H3. The number of nitrogens with zero attached hydrogens (tertiary/aromatic N) is 1. The zero-order valence-electron chi connectivity index (χ0n) is 7.58. The SMILES string of the molecule is C#CCCC(NN)c1scnc1C. The van der Waals surface area contributed by atoms with E-state index in [1.807, 2.05) is 12.4 Å². The number of thiazole rings is 1. The van der Waals surface area contributed by atoms with Crippen molar-refractivity contribution in [2.24, 2.45) is 5.84 Å². The molecule has 1 atom stereocenters. The molecule has 0 aliphatic heterocycles. The predicted octanol–water partition coefficient (Wildman–Crippen LogP) is 1.37. The van der Waals surface area contributed by atoms with E-state index in [9.17, 15) is 0 Å². The number of hydrogen-bond donors (Lipinski definition) is 2. The monoisotopic (exact) mass is 195 g/mol. The fraction of sp³-hybridized carbons (Fsp3) is 0.444. The first kappa shape index (κ1) is 10.2. The summed E-state index contributed by atoms with van der Waals surface area (Å²) in [6.45, 7) is 1.98. The lowest BCUT2D eigenvalue weighted by atomic mass is 10.1. The number of aromatic nitrogens is 1. The van der Waals surface area contributed by atoms with Crippen molar-refractivity contribution in [3.05, 3.63) is 16.1 Å². The number of hydrazine groups is 1. The first-order valence-corrected chi connectivity index (χ1v) is 4.97. The molecule has 0 spiro atoms. The highest BCUT2D eigenvalue weighted by Gasteiger charge is 2.13. The van der Waals surface area contributed by atoms with Crippen LogP contribution in [0.3, 0.4) is 0 Å². The van der Waals surface area contributed by atoms with Crippen LogP contribution >= 0.6 is 11.3 Å². The van der Waals surface area contributed by atoms with Crippen molar-refractivity contribution in [1.82, 2.24) is 10.4 Å². The summed E-state index contributed by atoms with van der Waals surface area (Å²) >= 11 is 1.61. The molecule has 0 fully saturated rings. The number of nitrogens with one attached hydrogen (secondary N) is 1. The maximum Gasteiger partial charge on any atom is 0.0798 e. The van der Waals surface area contributed by atoms with Crippen molar-refractivity contribution in [1.29, 1.82) is 0 Å². The van der Waals surface area contributed by atoms with Gasteiger partial charge in [0.2, 0.25) is 0 Å². The highest BCUT2D eigenvalue weighted by atomic mass is 32.1. The summed E-state index contributed by atoms with van der Waals surface area (Å²) in [6, 6.07) is 0.142. The second-order valence-corrected chi connectivity index (χ2v) is 3.65. The Kier molecular flexibility index (Phi) is 3.90. The third-order valence-electron chi connectivity index (χ3n) is 1.88. The van der Waals surface area contributed by atoms with E-state index in [-0.39, 0.29) is 6.04 Å². The van der Waals surface area contributed by atoms with E-state index in [1.54, 1.807) is 11.3 Å². The number of nitrogens with two attached hydrogens (primary N) is 1. The molecular formula is C9H13N3S. The quantitative estimate of drug-likeness (QED) is 0.433. The summed E-state index contributed by atoms with van der Waals surface area (Å²) < 4.78 is 0. The van der Waals surface area contributed by atoms with Gasteiger partial charge in [0.15, 0.2) is 0 Å². The molecule has 0 aliphatic carbocycles. The smallest absolute Gasteiger partial charge is 0.0798 e. The van der Waals surface area contributed by atoms with Crippen molar-refractivity contribution in [3.8, 4) is 12.3 Å². The average molecular weight is 195 g/mol. The van der Waals surface area contributed by atoms with Gasteiger partial charge < -0.3 is 0 Å². The molecule has 1 aromatic rings. The van der Waals surface area contributed by atoms with E-state index in [2.05, 4.69) is 16.3 Å². The Bertz CT molecular complexity index is 300. The minimum absolute atomic E-state index is 0.142. The fourth-order valence-corrected chi connectivity index (χ4v) is 2.06. The van der Waals surface area contributed by atoms with Gasteiger partial charge in [-0.3, -0.25) is 11.3 Å². The molecule has 3 N–H and O–H groups in total. The highest BCUT2D eigenvalue weighted by molar-refractivity contribution is 7.09. The zero-order chi connectivity index (χ0) is 9.68. The van der Waals surface area contributed by atoms with Gasteiger partial charge in [-0.15, -0.1) is 23.7 Å². The van der Waals surface area contributed by atoms with Crippen molar-refractivity contribution in [2.45, 2.75) is 25.8 Å². The van der Waals surface area contributed by atoms with E-state index in [4.69, 9.17) is 12.3 Å². The van der Waals surface area contributed by atoms with E-state index < -0.39 is 0 Å². The van der Waals surface area contributed by atoms with Crippen LogP contribution in [0, 0.1) is 19.3 Å². The van der Waals surface area contributed by atoms with Gasteiger partial charge in [0, 0.05) is 11.3 Å². The molecule has 1 aromatic heterocycles. The van der Waals surface area contributed by atoms with Gasteiger partial charge in [-0.2, -0.15) is 0 Å². The largest absolute Gasteiger partial charge is 0.271 e. The lowest BCUT2D eigenvalue weighted by Crippen LogP contribution is -2.27. The van der Waals surface area contributed by atoms with Gasteiger partial charge in [0.1, 0.15) is 0 Å². The topological polar surface area (TPSA) is 50.9 Å². The highest BCUT2D eigenvalue weighted by Crippen LogP contribution is 2.24. The summed E-state index contributed by atoms with van der Waals surface area (Å²) in [5.41, 5.74) is 5.61. The van der Waals surface area contributed by atoms with Gasteiger partial charge in [-0.05, 0) is 13.3 Å². The van der Waals surface area contributed by atoms with Crippen LogP contribution in [0.2, 0.25) is 0 Å². The van der Waals surface area contributed by atoms with Crippen LogP contribution in [-0.4, -0.2) is 4.98 Å². The lowest BCUT2D eigenvalue weighted by Gasteiger charge is -2.12. The normalized spacial score (nSPS) is 12.4. The molecule has 0 bridgehead atoms. The first-order chi connectivity index (χ1) is 6.29. The van der Waals surface area contributed by atoms with Crippen LogP contribution in [0.25, 0.3) is 0 Å². The Balaban J connectivity index is 2.68. The van der Waals surface area contributed by atoms with E-state index in [0.29, 0.717) is 0 Å². The maximum absolute atomic E-state index is 5.43. The van der Waals surface area contributed by atoms with E-state index >= 15 is 0 Å². The summed E-state index contributed by atoms with van der Waals surface area (Å²) in [5, 5.41) is 0. The van der Waals surface area contributed by atoms with Gasteiger partial charge in [-0.1, -0.05) is 0 Å². The number of rotatable bonds is 4. The van der Waals surface area contributed by atoms with Crippen LogP contribution in [0.1, 0.15) is 29.5 Å². The Morgan fingerprint density at radius 1 is 1.85 bits per heavy atom. The van der Waals surface area contributed by atoms with Gasteiger partial charge >= 0.3 is 0 Å². The molecular weight excluding hydrogens is 182 g/mol. The number of hydrogen-bond acceptors (Lipinski definition) is 4. The van der Waals surface area contributed by atoms with E-state index in [0.717, 1.165) is 18.5 Å². The summed E-state index contributed by atoms with van der Waals surface area (Å²) in [5.74, 6) is 8.04. The third kappa shape index (κ3) is 2.52. The molecule has 0 aromatic carbocycles. The van der Waals surface area contributed by atoms with Gasteiger partial charge in [0.25, 0.3) is 0 Å². The molecule has 3 nitrogen and oxygen atoms in total. The molecule has 4 heteroatoms. The van der Waals surface area contributed by atoms with Gasteiger partial charge in [0.05, 0.1) is 17.2 Å².